The maximum Gasteiger partial charge on any atom is 0.260 e. The van der Waals surface area contributed by atoms with Crippen LogP contribution in [0.4, 0.5) is 5.69 Å². The lowest BCUT2D eigenvalue weighted by Crippen LogP contribution is -2.14. The third kappa shape index (κ3) is 3.22. The van der Waals surface area contributed by atoms with Crippen molar-refractivity contribution in [1.82, 2.24) is 9.55 Å². The topological polar surface area (TPSA) is 118 Å². The van der Waals surface area contributed by atoms with Gasteiger partial charge in [0, 0.05) is 18.6 Å². The molecule has 0 aliphatic rings. The van der Waals surface area contributed by atoms with Crippen molar-refractivity contribution in [1.29, 1.82) is 5.26 Å². The molecule has 0 unspecified atom stereocenters. The number of anilines is 1. The fourth-order valence-corrected chi connectivity index (χ4v) is 2.99. The minimum atomic E-state index is -3.42. The maximum atomic E-state index is 12.6. The van der Waals surface area contributed by atoms with E-state index in [1.165, 1.54) is 18.3 Å². The van der Waals surface area contributed by atoms with E-state index in [0.717, 1.165) is 6.26 Å². The van der Waals surface area contributed by atoms with Crippen molar-refractivity contribution in [2.45, 2.75) is 11.9 Å². The van der Waals surface area contributed by atoms with Gasteiger partial charge in [0.2, 0.25) is 5.88 Å². The average Bonchev–Trinajstić information content (AvgIpc) is 3.21. The van der Waals surface area contributed by atoms with Crippen molar-refractivity contribution < 1.29 is 17.6 Å². The van der Waals surface area contributed by atoms with Crippen LogP contribution in [-0.2, 0) is 9.84 Å². The van der Waals surface area contributed by atoms with Gasteiger partial charge in [0.25, 0.3) is 5.91 Å². The van der Waals surface area contributed by atoms with Gasteiger partial charge in [-0.3, -0.25) is 9.36 Å². The Morgan fingerprint density at radius 2 is 2.00 bits per heavy atom. The van der Waals surface area contributed by atoms with Crippen LogP contribution >= 0.6 is 0 Å². The summed E-state index contributed by atoms with van der Waals surface area (Å²) >= 11 is 0. The van der Waals surface area contributed by atoms with Gasteiger partial charge in [-0.05, 0) is 31.2 Å². The number of hydrogen-bond acceptors (Lipinski definition) is 6. The molecule has 26 heavy (non-hydrogen) atoms. The van der Waals surface area contributed by atoms with Gasteiger partial charge >= 0.3 is 0 Å². The maximum absolute atomic E-state index is 12.6. The van der Waals surface area contributed by atoms with E-state index in [4.69, 9.17) is 4.42 Å². The molecule has 0 aliphatic heterocycles. The molecule has 132 valence electrons. The van der Waals surface area contributed by atoms with Gasteiger partial charge in [-0.15, -0.1) is 0 Å². The zero-order valence-corrected chi connectivity index (χ0v) is 14.7. The lowest BCUT2D eigenvalue weighted by molar-refractivity contribution is 0.102. The minimum absolute atomic E-state index is 0.0948. The van der Waals surface area contributed by atoms with Crippen LogP contribution in [0.1, 0.15) is 21.7 Å². The Balaban J connectivity index is 1.93. The van der Waals surface area contributed by atoms with Crippen LogP contribution in [0.25, 0.3) is 5.88 Å². The molecule has 1 amide bonds. The molecular formula is C17H14N4O4S. The highest BCUT2D eigenvalue weighted by molar-refractivity contribution is 7.90. The molecule has 0 fully saturated rings. The quantitative estimate of drug-likeness (QED) is 0.753. The molecular weight excluding hydrogens is 356 g/mol. The zero-order valence-electron chi connectivity index (χ0n) is 13.9. The summed E-state index contributed by atoms with van der Waals surface area (Å²) < 4.78 is 30.1. The highest BCUT2D eigenvalue weighted by atomic mass is 32.2. The molecule has 0 spiro atoms. The Hall–Kier alpha value is -3.38. The number of nitriles is 1. The van der Waals surface area contributed by atoms with Crippen LogP contribution in [0, 0.1) is 18.3 Å². The molecule has 3 rings (SSSR count). The Kier molecular flexibility index (Phi) is 4.36. The third-order valence-electron chi connectivity index (χ3n) is 3.62. The van der Waals surface area contributed by atoms with E-state index in [9.17, 15) is 18.5 Å². The molecule has 8 nitrogen and oxygen atoms in total. The Morgan fingerprint density at radius 1 is 1.31 bits per heavy atom. The predicted octanol–water partition coefficient (Wildman–Crippen LogP) is 2.30. The summed E-state index contributed by atoms with van der Waals surface area (Å²) in [5, 5.41) is 12.0. The van der Waals surface area contributed by atoms with Crippen molar-refractivity contribution in [3.63, 3.8) is 0 Å². The van der Waals surface area contributed by atoms with Crippen LogP contribution in [0.3, 0.4) is 0 Å². The SMILES string of the molecule is Cc1oc(-n2cccc2)c(C#N)c1C(=O)Nc1ccc(S(C)(=O)=O)nc1. The molecule has 3 heterocycles. The number of nitrogens with zero attached hydrogens (tertiary/aromatic N) is 3. The molecule has 1 N–H and O–H groups in total. The lowest BCUT2D eigenvalue weighted by atomic mass is 10.1. The summed E-state index contributed by atoms with van der Waals surface area (Å²) in [6.45, 7) is 1.59. The van der Waals surface area contributed by atoms with E-state index >= 15 is 0 Å². The predicted molar refractivity (Wildman–Crippen MR) is 92.8 cm³/mol. The van der Waals surface area contributed by atoms with E-state index in [-0.39, 0.29) is 22.0 Å². The molecule has 3 aromatic rings. The van der Waals surface area contributed by atoms with Crippen LogP contribution in [0.2, 0.25) is 0 Å². The molecule has 0 radical (unpaired) electrons. The van der Waals surface area contributed by atoms with Crippen molar-refractivity contribution in [2.75, 3.05) is 11.6 Å². The molecule has 0 aromatic carbocycles. The summed E-state index contributed by atoms with van der Waals surface area (Å²) in [5.41, 5.74) is 0.523. The number of sulfone groups is 1. The molecule has 0 saturated heterocycles. The second-order valence-corrected chi connectivity index (χ2v) is 7.49. The van der Waals surface area contributed by atoms with Gasteiger partial charge in [0.05, 0.1) is 11.9 Å². The van der Waals surface area contributed by atoms with Crippen molar-refractivity contribution >= 4 is 21.4 Å². The van der Waals surface area contributed by atoms with E-state index in [0.29, 0.717) is 11.4 Å². The number of aromatic nitrogens is 2. The van der Waals surface area contributed by atoms with Gasteiger partial charge in [0.15, 0.2) is 14.9 Å². The minimum Gasteiger partial charge on any atom is -0.443 e. The zero-order chi connectivity index (χ0) is 18.9. The smallest absolute Gasteiger partial charge is 0.260 e. The number of carbonyl (C=O) groups is 1. The normalized spacial score (nSPS) is 11.1. The van der Waals surface area contributed by atoms with Crippen LogP contribution in [0.5, 0.6) is 0 Å². The number of amides is 1. The fourth-order valence-electron chi connectivity index (χ4n) is 2.43. The number of rotatable bonds is 4. The summed E-state index contributed by atoms with van der Waals surface area (Å²) in [6.07, 6.45) is 5.69. The summed E-state index contributed by atoms with van der Waals surface area (Å²) in [4.78, 5) is 16.4. The molecule has 0 atom stereocenters. The van der Waals surface area contributed by atoms with E-state index < -0.39 is 15.7 Å². The largest absolute Gasteiger partial charge is 0.443 e. The van der Waals surface area contributed by atoms with E-state index in [1.807, 2.05) is 6.07 Å². The number of aryl methyl sites for hydroxylation is 1. The van der Waals surface area contributed by atoms with E-state index in [2.05, 4.69) is 10.3 Å². The Bertz CT molecular complexity index is 1100. The number of furan rings is 1. The standard InChI is InChI=1S/C17H14N4O4S/c1-11-15(13(9-18)17(25-11)21-7-3-4-8-21)16(22)20-12-5-6-14(19-10-12)26(2,23)24/h3-8,10H,1-2H3,(H,20,22). The summed E-state index contributed by atoms with van der Waals surface area (Å²) in [6, 6.07) is 8.26. The lowest BCUT2D eigenvalue weighted by Gasteiger charge is -2.05. The van der Waals surface area contributed by atoms with Gasteiger partial charge in [0.1, 0.15) is 23.0 Å². The van der Waals surface area contributed by atoms with Crippen molar-refractivity contribution in [3.05, 3.63) is 59.7 Å². The molecule has 9 heteroatoms. The Labute approximate surface area is 149 Å². The van der Waals surface area contributed by atoms with Crippen LogP contribution in [-0.4, -0.2) is 30.1 Å². The number of nitrogens with one attached hydrogen (secondary N) is 1. The molecule has 0 aliphatic carbocycles. The van der Waals surface area contributed by atoms with Gasteiger partial charge in [-0.25, -0.2) is 13.4 Å². The number of hydrogen-bond donors (Lipinski definition) is 1. The monoisotopic (exact) mass is 370 g/mol. The second kappa shape index (κ2) is 6.50. The highest BCUT2D eigenvalue weighted by Gasteiger charge is 2.24. The second-order valence-electron chi connectivity index (χ2n) is 5.53. The molecule has 0 bridgehead atoms. The first-order valence-electron chi connectivity index (χ1n) is 7.45. The van der Waals surface area contributed by atoms with Crippen molar-refractivity contribution in [3.8, 4) is 12.0 Å². The van der Waals surface area contributed by atoms with Gasteiger partial charge in [-0.1, -0.05) is 0 Å². The average molecular weight is 370 g/mol. The van der Waals surface area contributed by atoms with Crippen molar-refractivity contribution in [2.24, 2.45) is 0 Å². The van der Waals surface area contributed by atoms with Crippen LogP contribution in [0.15, 0.2) is 52.3 Å². The number of carbonyl (C=O) groups excluding carboxylic acids is 1. The summed E-state index contributed by atoms with van der Waals surface area (Å²) in [7, 11) is -3.42. The first kappa shape index (κ1) is 17.4. The van der Waals surface area contributed by atoms with E-state index in [1.54, 1.807) is 36.0 Å². The highest BCUT2D eigenvalue weighted by Crippen LogP contribution is 2.26. The first-order valence-corrected chi connectivity index (χ1v) is 9.34. The van der Waals surface area contributed by atoms with Gasteiger partial charge in [-0.2, -0.15) is 5.26 Å². The Morgan fingerprint density at radius 3 is 2.54 bits per heavy atom. The fraction of sp³-hybridized carbons (Fsp3) is 0.118. The van der Waals surface area contributed by atoms with Gasteiger partial charge < -0.3 is 9.73 Å². The van der Waals surface area contributed by atoms with Crippen LogP contribution < -0.4 is 5.32 Å². The first-order chi connectivity index (χ1) is 12.3. The molecule has 0 saturated carbocycles. The summed E-state index contributed by atoms with van der Waals surface area (Å²) in [5.74, 6) is 0.00396. The number of pyridine rings is 1. The molecule has 3 aromatic heterocycles. The third-order valence-corrected chi connectivity index (χ3v) is 4.62.